The maximum Gasteiger partial charge on any atom is 0.312 e. The summed E-state index contributed by atoms with van der Waals surface area (Å²) in [5, 5.41) is 12.5. The van der Waals surface area contributed by atoms with Gasteiger partial charge in [0, 0.05) is 31.1 Å². The summed E-state index contributed by atoms with van der Waals surface area (Å²) >= 11 is 0. The van der Waals surface area contributed by atoms with Gasteiger partial charge in [0.25, 0.3) is 5.89 Å². The van der Waals surface area contributed by atoms with Crippen LogP contribution < -0.4 is 0 Å². The molecule has 5 aromatic heterocycles. The number of amides is 1. The largest absolute Gasteiger partial charge is 0.411 e. The first-order valence-electron chi connectivity index (χ1n) is 10.3. The second-order valence-corrected chi connectivity index (χ2v) is 7.81. The Morgan fingerprint density at radius 1 is 1.24 bits per heavy atom. The van der Waals surface area contributed by atoms with Crippen LogP contribution in [0.25, 0.3) is 17.1 Å². The second kappa shape index (κ2) is 7.33. The van der Waals surface area contributed by atoms with Crippen LogP contribution in [0.5, 0.6) is 0 Å². The molecule has 164 valence electrons. The lowest BCUT2D eigenvalue weighted by molar-refractivity contribution is 0.0646. The van der Waals surface area contributed by atoms with E-state index in [9.17, 15) is 9.18 Å². The monoisotopic (exact) mass is 444 g/mol. The van der Waals surface area contributed by atoms with E-state index in [0.29, 0.717) is 35.6 Å². The van der Waals surface area contributed by atoms with Gasteiger partial charge in [-0.25, -0.2) is 13.9 Å². The van der Waals surface area contributed by atoms with E-state index in [2.05, 4.69) is 30.2 Å². The van der Waals surface area contributed by atoms with E-state index in [1.54, 1.807) is 41.8 Å². The van der Waals surface area contributed by atoms with Gasteiger partial charge in [0.05, 0.1) is 17.7 Å². The van der Waals surface area contributed by atoms with E-state index in [-0.39, 0.29) is 11.8 Å². The Bertz CT molecular complexity index is 1490. The maximum atomic E-state index is 14.3. The molecule has 1 aliphatic heterocycles. The Morgan fingerprint density at radius 3 is 2.97 bits per heavy atom. The third-order valence-corrected chi connectivity index (χ3v) is 5.67. The van der Waals surface area contributed by atoms with Crippen LogP contribution in [0.15, 0.2) is 53.5 Å². The Balaban J connectivity index is 1.40. The highest BCUT2D eigenvalue weighted by Gasteiger charge is 2.38. The van der Waals surface area contributed by atoms with E-state index >= 15 is 0 Å². The minimum absolute atomic E-state index is 0.155. The summed E-state index contributed by atoms with van der Waals surface area (Å²) in [6, 6.07) is 7.54. The average Bonchev–Trinajstić information content (AvgIpc) is 3.57. The van der Waals surface area contributed by atoms with Crippen molar-refractivity contribution in [3.05, 3.63) is 83.4 Å². The van der Waals surface area contributed by atoms with Crippen LogP contribution in [0.1, 0.15) is 39.4 Å². The number of fused-ring (bicyclic) bond motifs is 2. The first-order valence-corrected chi connectivity index (χ1v) is 10.3. The summed E-state index contributed by atoms with van der Waals surface area (Å²) in [7, 11) is 0. The molecular weight excluding hydrogens is 427 g/mol. The zero-order valence-electron chi connectivity index (χ0n) is 17.4. The summed E-state index contributed by atoms with van der Waals surface area (Å²) in [6.45, 7) is 2.29. The summed E-state index contributed by atoms with van der Waals surface area (Å²) in [4.78, 5) is 26.8. The molecule has 0 saturated heterocycles. The summed E-state index contributed by atoms with van der Waals surface area (Å²) in [6.07, 6.45) is 5.49. The molecule has 1 aliphatic rings. The predicted octanol–water partition coefficient (Wildman–Crippen LogP) is 2.74. The number of aryl methyl sites for hydroxylation is 1. The smallest absolute Gasteiger partial charge is 0.312 e. The number of imidazole rings is 1. The third-order valence-electron chi connectivity index (χ3n) is 5.67. The average molecular weight is 444 g/mol. The van der Waals surface area contributed by atoms with Crippen molar-refractivity contribution in [1.29, 1.82) is 0 Å². The third kappa shape index (κ3) is 3.16. The summed E-state index contributed by atoms with van der Waals surface area (Å²) in [5.74, 6) is -0.871. The van der Waals surface area contributed by atoms with Crippen molar-refractivity contribution in [3.8, 4) is 11.6 Å². The number of aromatic nitrogens is 7. The number of aromatic amines is 1. The second-order valence-electron chi connectivity index (χ2n) is 7.81. The normalized spacial score (nSPS) is 15.7. The van der Waals surface area contributed by atoms with Crippen molar-refractivity contribution in [1.82, 2.24) is 39.7 Å². The molecule has 0 fully saturated rings. The lowest BCUT2D eigenvalue weighted by Gasteiger charge is -2.32. The number of pyridine rings is 2. The van der Waals surface area contributed by atoms with Gasteiger partial charge in [0.1, 0.15) is 23.1 Å². The highest BCUT2D eigenvalue weighted by Crippen LogP contribution is 2.34. The van der Waals surface area contributed by atoms with Crippen LogP contribution in [0.4, 0.5) is 4.39 Å². The number of carbonyl (C=O) groups is 1. The molecule has 5 aromatic rings. The van der Waals surface area contributed by atoms with Crippen molar-refractivity contribution in [2.24, 2.45) is 0 Å². The summed E-state index contributed by atoms with van der Waals surface area (Å²) in [5.41, 5.74) is 3.82. The fourth-order valence-electron chi connectivity index (χ4n) is 4.06. The number of nitrogens with one attached hydrogen (secondary N) is 1. The van der Waals surface area contributed by atoms with Crippen molar-refractivity contribution < 1.29 is 13.6 Å². The molecule has 1 atom stereocenters. The highest BCUT2D eigenvalue weighted by molar-refractivity contribution is 5.90. The minimum atomic E-state index is -0.639. The number of nitrogens with zero attached hydrogens (tertiary/aromatic N) is 7. The van der Waals surface area contributed by atoms with Crippen molar-refractivity contribution in [3.63, 3.8) is 0 Å². The van der Waals surface area contributed by atoms with Crippen molar-refractivity contribution in [2.45, 2.75) is 19.4 Å². The Kier molecular flexibility index (Phi) is 4.28. The molecule has 6 rings (SSSR count). The molecule has 1 unspecified atom stereocenters. The first-order chi connectivity index (χ1) is 16.1. The number of carbonyl (C=O) groups excluding carboxylic acids is 1. The summed E-state index contributed by atoms with van der Waals surface area (Å²) < 4.78 is 21.4. The maximum absolute atomic E-state index is 14.3. The number of halogens is 1. The van der Waals surface area contributed by atoms with Gasteiger partial charge in [0.2, 0.25) is 0 Å². The van der Waals surface area contributed by atoms with Crippen LogP contribution >= 0.6 is 0 Å². The van der Waals surface area contributed by atoms with Gasteiger partial charge in [0.15, 0.2) is 0 Å². The van der Waals surface area contributed by atoms with Crippen LogP contribution in [0.3, 0.4) is 0 Å². The van der Waals surface area contributed by atoms with Crippen LogP contribution in [0.2, 0.25) is 0 Å². The zero-order valence-corrected chi connectivity index (χ0v) is 17.4. The molecule has 0 spiro atoms. The SMILES string of the molecule is Cc1ccc(-c2nnc(C(=O)N3CCc4[nH]cnc4C3c3cc4c(F)cccn4n3)o2)nc1. The van der Waals surface area contributed by atoms with E-state index in [0.717, 1.165) is 11.3 Å². The molecule has 10 nitrogen and oxygen atoms in total. The van der Waals surface area contributed by atoms with Gasteiger partial charge >= 0.3 is 11.8 Å². The predicted molar refractivity (Wildman–Crippen MR) is 113 cm³/mol. The Morgan fingerprint density at radius 2 is 2.15 bits per heavy atom. The lowest BCUT2D eigenvalue weighted by Crippen LogP contribution is -2.41. The van der Waals surface area contributed by atoms with Crippen LogP contribution in [-0.4, -0.2) is 52.1 Å². The van der Waals surface area contributed by atoms with Crippen LogP contribution in [-0.2, 0) is 6.42 Å². The van der Waals surface area contributed by atoms with E-state index in [4.69, 9.17) is 4.42 Å². The molecule has 0 bridgehead atoms. The van der Waals surface area contributed by atoms with E-state index < -0.39 is 17.8 Å². The van der Waals surface area contributed by atoms with Gasteiger partial charge in [-0.2, -0.15) is 5.10 Å². The van der Waals surface area contributed by atoms with Crippen molar-refractivity contribution >= 4 is 11.4 Å². The van der Waals surface area contributed by atoms with Crippen molar-refractivity contribution in [2.75, 3.05) is 6.54 Å². The Hall–Kier alpha value is -4.41. The molecule has 0 aromatic carbocycles. The van der Waals surface area contributed by atoms with E-state index in [1.807, 2.05) is 13.0 Å². The molecule has 11 heteroatoms. The van der Waals surface area contributed by atoms with Gasteiger partial charge in [-0.05, 0) is 36.8 Å². The molecule has 0 radical (unpaired) electrons. The van der Waals surface area contributed by atoms with Gasteiger partial charge in [-0.3, -0.25) is 9.78 Å². The fraction of sp³-hybridized carbons (Fsp3) is 0.182. The molecule has 1 amide bonds. The van der Waals surface area contributed by atoms with Gasteiger partial charge < -0.3 is 14.3 Å². The van der Waals surface area contributed by atoms with Gasteiger partial charge in [-0.1, -0.05) is 6.07 Å². The first kappa shape index (κ1) is 19.3. The Labute approximate surface area is 186 Å². The molecule has 6 heterocycles. The molecule has 33 heavy (non-hydrogen) atoms. The topological polar surface area (TPSA) is 118 Å². The lowest BCUT2D eigenvalue weighted by atomic mass is 9.99. The highest BCUT2D eigenvalue weighted by atomic mass is 19.1. The number of H-pyrrole nitrogens is 1. The molecular formula is C22H17FN8O2. The van der Waals surface area contributed by atoms with E-state index in [1.165, 1.54) is 10.6 Å². The zero-order chi connectivity index (χ0) is 22.5. The number of hydrogen-bond donors (Lipinski definition) is 1. The van der Waals surface area contributed by atoms with Gasteiger partial charge in [-0.15, -0.1) is 10.2 Å². The molecule has 0 saturated carbocycles. The number of rotatable bonds is 3. The minimum Gasteiger partial charge on any atom is -0.411 e. The quantitative estimate of drug-likeness (QED) is 0.455. The molecule has 0 aliphatic carbocycles. The fourth-order valence-corrected chi connectivity index (χ4v) is 4.06. The standard InChI is InChI=1S/C22H17FN8O2/c1-12-4-5-15(24-10-12)20-27-28-21(33-20)22(32)30-8-6-14-18(26-11-25-14)19(30)16-9-17-13(23)3-2-7-31(17)29-16/h2-5,7,9-11,19H,6,8H2,1H3,(H,25,26). The molecule has 1 N–H and O–H groups in total. The number of hydrogen-bond acceptors (Lipinski definition) is 7. The van der Waals surface area contributed by atoms with Crippen LogP contribution in [0, 0.1) is 12.7 Å².